The van der Waals surface area contributed by atoms with E-state index >= 15 is 0 Å². The molecular formula is C13H18BrNO3. The molecule has 1 heterocycles. The van der Waals surface area contributed by atoms with Crippen molar-refractivity contribution in [2.24, 2.45) is 0 Å². The summed E-state index contributed by atoms with van der Waals surface area (Å²) in [5, 5.41) is 13.8. The van der Waals surface area contributed by atoms with Crippen molar-refractivity contribution in [2.45, 2.75) is 25.3 Å². The molecule has 1 aliphatic rings. The molecule has 1 aliphatic heterocycles. The van der Waals surface area contributed by atoms with E-state index in [1.165, 1.54) is 0 Å². The zero-order valence-electron chi connectivity index (χ0n) is 10.8. The molecule has 0 spiro atoms. The van der Waals surface area contributed by atoms with Gasteiger partial charge in [-0.2, -0.15) is 0 Å². The summed E-state index contributed by atoms with van der Waals surface area (Å²) in [5.74, 6) is 1.42. The second kappa shape index (κ2) is 4.97. The molecule has 2 N–H and O–H groups in total. The average Bonchev–Trinajstić information content (AvgIpc) is 2.79. The highest BCUT2D eigenvalue weighted by Gasteiger charge is 2.37. The van der Waals surface area contributed by atoms with Crippen molar-refractivity contribution in [1.82, 2.24) is 5.32 Å². The maximum Gasteiger partial charge on any atom is 0.169 e. The molecule has 1 aromatic carbocycles. The number of phenols is 1. The number of phenolic OH excluding ortho intramolecular Hbond substituents is 1. The van der Waals surface area contributed by atoms with Gasteiger partial charge >= 0.3 is 0 Å². The monoisotopic (exact) mass is 315 g/mol. The molecule has 1 unspecified atom stereocenters. The minimum Gasteiger partial charge on any atom is -0.506 e. The van der Waals surface area contributed by atoms with Crippen molar-refractivity contribution >= 4 is 15.9 Å². The lowest BCUT2D eigenvalue weighted by molar-refractivity contribution is 0.321. The van der Waals surface area contributed by atoms with Crippen LogP contribution in [0.4, 0.5) is 0 Å². The number of methoxy groups -OCH3 is 2. The van der Waals surface area contributed by atoms with Crippen molar-refractivity contribution in [1.29, 1.82) is 0 Å². The lowest BCUT2D eigenvalue weighted by Crippen LogP contribution is -2.33. The lowest BCUT2D eigenvalue weighted by atomic mass is 9.88. The van der Waals surface area contributed by atoms with E-state index in [2.05, 4.69) is 28.2 Å². The van der Waals surface area contributed by atoms with Gasteiger partial charge in [-0.25, -0.2) is 0 Å². The highest BCUT2D eigenvalue weighted by atomic mass is 79.9. The third kappa shape index (κ3) is 2.06. The Morgan fingerprint density at radius 3 is 2.61 bits per heavy atom. The van der Waals surface area contributed by atoms with Gasteiger partial charge in [0.15, 0.2) is 11.5 Å². The Morgan fingerprint density at radius 1 is 1.39 bits per heavy atom. The van der Waals surface area contributed by atoms with E-state index in [1.54, 1.807) is 20.3 Å². The highest BCUT2D eigenvalue weighted by Crippen LogP contribution is 2.49. The van der Waals surface area contributed by atoms with Gasteiger partial charge in [-0.15, -0.1) is 0 Å². The Hall–Kier alpha value is -0.940. The third-order valence-electron chi connectivity index (χ3n) is 3.52. The SMILES string of the molecule is COc1cc(Br)c(O)c(C2(C)CCCN2)c1OC. The van der Waals surface area contributed by atoms with Crippen molar-refractivity contribution in [3.8, 4) is 17.2 Å². The molecule has 0 aliphatic carbocycles. The lowest BCUT2D eigenvalue weighted by Gasteiger charge is -2.29. The van der Waals surface area contributed by atoms with Crippen LogP contribution in [0.25, 0.3) is 0 Å². The summed E-state index contributed by atoms with van der Waals surface area (Å²) in [7, 11) is 3.18. The van der Waals surface area contributed by atoms with Gasteiger partial charge in [-0.05, 0) is 42.2 Å². The molecule has 0 radical (unpaired) electrons. The van der Waals surface area contributed by atoms with Crippen LogP contribution in [0, 0.1) is 0 Å². The number of benzene rings is 1. The molecule has 18 heavy (non-hydrogen) atoms. The van der Waals surface area contributed by atoms with Crippen molar-refractivity contribution < 1.29 is 14.6 Å². The van der Waals surface area contributed by atoms with Crippen LogP contribution in [0.2, 0.25) is 0 Å². The summed E-state index contributed by atoms with van der Waals surface area (Å²) >= 11 is 3.36. The predicted octanol–water partition coefficient (Wildman–Crippen LogP) is 2.77. The molecule has 0 amide bonds. The van der Waals surface area contributed by atoms with Crippen LogP contribution in [0.5, 0.6) is 17.2 Å². The van der Waals surface area contributed by atoms with Gasteiger partial charge in [0.25, 0.3) is 0 Å². The Balaban J connectivity index is 2.66. The first-order chi connectivity index (χ1) is 8.53. The fraction of sp³-hybridized carbons (Fsp3) is 0.538. The zero-order chi connectivity index (χ0) is 13.3. The van der Waals surface area contributed by atoms with Crippen LogP contribution in [-0.4, -0.2) is 25.9 Å². The number of rotatable bonds is 3. The number of nitrogens with one attached hydrogen (secondary N) is 1. The van der Waals surface area contributed by atoms with E-state index < -0.39 is 0 Å². The first kappa shape index (κ1) is 13.5. The maximum absolute atomic E-state index is 10.3. The summed E-state index contributed by atoms with van der Waals surface area (Å²) in [6, 6.07) is 1.72. The van der Waals surface area contributed by atoms with Gasteiger partial charge in [-0.3, -0.25) is 0 Å². The smallest absolute Gasteiger partial charge is 0.169 e. The summed E-state index contributed by atoms with van der Waals surface area (Å²) < 4.78 is 11.4. The molecule has 1 atom stereocenters. The standard InChI is InChI=1S/C13H18BrNO3/c1-13(5-4-6-15-13)10-11(16)8(14)7-9(17-2)12(10)18-3/h7,15-16H,4-6H2,1-3H3. The molecular weight excluding hydrogens is 298 g/mol. The average molecular weight is 316 g/mol. The first-order valence-corrected chi connectivity index (χ1v) is 6.71. The molecule has 2 rings (SSSR count). The number of halogens is 1. The molecule has 1 saturated heterocycles. The summed E-state index contributed by atoms with van der Waals surface area (Å²) in [6.07, 6.45) is 2.03. The summed E-state index contributed by atoms with van der Waals surface area (Å²) in [5.41, 5.74) is 0.473. The number of ether oxygens (including phenoxy) is 2. The van der Waals surface area contributed by atoms with E-state index in [0.717, 1.165) is 24.9 Å². The Kier molecular flexibility index (Phi) is 3.73. The molecule has 100 valence electrons. The van der Waals surface area contributed by atoms with Gasteiger partial charge in [0.2, 0.25) is 0 Å². The van der Waals surface area contributed by atoms with Crippen LogP contribution in [-0.2, 0) is 5.54 Å². The Labute approximate surface area is 115 Å². The fourth-order valence-electron chi connectivity index (χ4n) is 2.57. The zero-order valence-corrected chi connectivity index (χ0v) is 12.4. The highest BCUT2D eigenvalue weighted by molar-refractivity contribution is 9.10. The third-order valence-corrected chi connectivity index (χ3v) is 4.12. The molecule has 1 fully saturated rings. The number of hydrogen-bond donors (Lipinski definition) is 2. The van der Waals surface area contributed by atoms with Gasteiger partial charge < -0.3 is 19.9 Å². The second-order valence-corrected chi connectivity index (χ2v) is 5.53. The van der Waals surface area contributed by atoms with Crippen molar-refractivity contribution in [3.63, 3.8) is 0 Å². The molecule has 4 nitrogen and oxygen atoms in total. The maximum atomic E-state index is 10.3. The number of hydrogen-bond acceptors (Lipinski definition) is 4. The van der Waals surface area contributed by atoms with E-state index in [1.807, 2.05) is 0 Å². The van der Waals surface area contributed by atoms with Gasteiger partial charge in [0, 0.05) is 11.6 Å². The summed E-state index contributed by atoms with van der Waals surface area (Å²) in [6.45, 7) is 3.01. The minimum absolute atomic E-state index is 0.213. The molecule has 0 saturated carbocycles. The summed E-state index contributed by atoms with van der Waals surface area (Å²) in [4.78, 5) is 0. The van der Waals surface area contributed by atoms with Crippen LogP contribution in [0.3, 0.4) is 0 Å². The van der Waals surface area contributed by atoms with Gasteiger partial charge in [-0.1, -0.05) is 0 Å². The van der Waals surface area contributed by atoms with Crippen molar-refractivity contribution in [3.05, 3.63) is 16.1 Å². The van der Waals surface area contributed by atoms with Gasteiger partial charge in [0.05, 0.1) is 24.3 Å². The van der Waals surface area contributed by atoms with Crippen LogP contribution >= 0.6 is 15.9 Å². The Morgan fingerprint density at radius 2 is 2.11 bits per heavy atom. The minimum atomic E-state index is -0.285. The molecule has 0 bridgehead atoms. The largest absolute Gasteiger partial charge is 0.506 e. The van der Waals surface area contributed by atoms with E-state index in [0.29, 0.717) is 16.0 Å². The van der Waals surface area contributed by atoms with Crippen LogP contribution < -0.4 is 14.8 Å². The molecule has 0 aromatic heterocycles. The topological polar surface area (TPSA) is 50.7 Å². The second-order valence-electron chi connectivity index (χ2n) is 4.68. The fourth-order valence-corrected chi connectivity index (χ4v) is 2.98. The van der Waals surface area contributed by atoms with E-state index in [4.69, 9.17) is 9.47 Å². The van der Waals surface area contributed by atoms with E-state index in [9.17, 15) is 5.11 Å². The van der Waals surface area contributed by atoms with Crippen molar-refractivity contribution in [2.75, 3.05) is 20.8 Å². The Bertz CT molecular complexity index is 456. The first-order valence-electron chi connectivity index (χ1n) is 5.92. The quantitative estimate of drug-likeness (QED) is 0.900. The van der Waals surface area contributed by atoms with E-state index in [-0.39, 0.29) is 11.3 Å². The van der Waals surface area contributed by atoms with Crippen LogP contribution in [0.1, 0.15) is 25.3 Å². The normalized spacial score (nSPS) is 23.1. The predicted molar refractivity (Wildman–Crippen MR) is 73.5 cm³/mol. The number of aromatic hydroxyl groups is 1. The van der Waals surface area contributed by atoms with Gasteiger partial charge in [0.1, 0.15) is 5.75 Å². The van der Waals surface area contributed by atoms with Crippen LogP contribution in [0.15, 0.2) is 10.5 Å². The molecule has 1 aromatic rings. The molecule has 5 heteroatoms.